The molecule has 2 aromatic rings. The number of halogens is 2. The van der Waals surface area contributed by atoms with Crippen molar-refractivity contribution < 1.29 is 28.2 Å². The van der Waals surface area contributed by atoms with Gasteiger partial charge in [-0.25, -0.2) is 9.18 Å². The third-order valence-electron chi connectivity index (χ3n) is 5.51. The summed E-state index contributed by atoms with van der Waals surface area (Å²) >= 11 is 5.62. The molecule has 0 heterocycles. The van der Waals surface area contributed by atoms with Crippen LogP contribution in [0, 0.1) is 5.82 Å². The van der Waals surface area contributed by atoms with Crippen LogP contribution in [0.1, 0.15) is 31.2 Å². The molecule has 0 saturated heterocycles. The van der Waals surface area contributed by atoms with Crippen molar-refractivity contribution in [3.8, 4) is 5.75 Å². The lowest BCUT2D eigenvalue weighted by Crippen LogP contribution is -2.56. The topological polar surface area (TPSA) is 106 Å². The van der Waals surface area contributed by atoms with Gasteiger partial charge in [-0.15, -0.1) is 0 Å². The third-order valence-corrected chi connectivity index (χ3v) is 5.81. The van der Waals surface area contributed by atoms with Crippen molar-refractivity contribution in [3.63, 3.8) is 0 Å². The van der Waals surface area contributed by atoms with Gasteiger partial charge in [-0.1, -0.05) is 41.9 Å². The molecule has 10 heteroatoms. The zero-order valence-electron chi connectivity index (χ0n) is 18.6. The van der Waals surface area contributed by atoms with Gasteiger partial charge in [0.2, 0.25) is 5.91 Å². The Morgan fingerprint density at radius 3 is 2.47 bits per heavy atom. The van der Waals surface area contributed by atoms with E-state index in [-0.39, 0.29) is 42.3 Å². The van der Waals surface area contributed by atoms with E-state index in [2.05, 4.69) is 16.0 Å². The molecule has 0 aromatic heterocycles. The van der Waals surface area contributed by atoms with Crippen LogP contribution in [0.5, 0.6) is 5.75 Å². The Balaban J connectivity index is 1.32. The molecule has 0 aliphatic heterocycles. The predicted octanol–water partition coefficient (Wildman–Crippen LogP) is 3.33. The van der Waals surface area contributed by atoms with E-state index in [0.717, 1.165) is 30.9 Å². The number of amides is 3. The van der Waals surface area contributed by atoms with E-state index in [1.807, 2.05) is 30.3 Å². The van der Waals surface area contributed by atoms with E-state index < -0.39 is 17.4 Å². The molecule has 0 spiro atoms. The minimum absolute atomic E-state index is 0.0241. The van der Waals surface area contributed by atoms with Crippen LogP contribution in [0.4, 0.5) is 9.18 Å². The van der Waals surface area contributed by atoms with Crippen molar-refractivity contribution in [3.05, 3.63) is 64.9 Å². The number of ether oxygens (including phenoxy) is 2. The lowest BCUT2D eigenvalue weighted by atomic mass is 9.74. The highest BCUT2D eigenvalue weighted by Gasteiger charge is 2.37. The largest absolute Gasteiger partial charge is 0.484 e. The summed E-state index contributed by atoms with van der Waals surface area (Å²) in [6, 6.07) is 13.2. The number of carbonyl (C=O) groups is 3. The highest BCUT2D eigenvalue weighted by molar-refractivity contribution is 6.30. The first-order chi connectivity index (χ1) is 16.3. The molecule has 0 bridgehead atoms. The smallest absolute Gasteiger partial charge is 0.407 e. The number of rotatable bonds is 11. The first-order valence-corrected chi connectivity index (χ1v) is 11.3. The summed E-state index contributed by atoms with van der Waals surface area (Å²) in [6.07, 6.45) is 2.40. The zero-order valence-corrected chi connectivity index (χ0v) is 19.3. The monoisotopic (exact) mass is 491 g/mol. The second kappa shape index (κ2) is 12.2. The van der Waals surface area contributed by atoms with Crippen LogP contribution in [0.3, 0.4) is 0 Å². The standard InChI is InChI=1S/C24H27ClFN3O5/c25-19-8-7-18(13-20(19)26)33-16-22(31)27-12-11-24(9-4-10-24)29-21(30)14-28-23(32)34-15-17-5-2-1-3-6-17/h1-3,5-8,13H,4,9-12,14-16H2,(H,27,31)(H,28,32)(H,29,30). The first-order valence-electron chi connectivity index (χ1n) is 11.0. The summed E-state index contributed by atoms with van der Waals surface area (Å²) in [7, 11) is 0. The third kappa shape index (κ3) is 7.91. The molecule has 1 saturated carbocycles. The number of nitrogens with one attached hydrogen (secondary N) is 3. The summed E-state index contributed by atoms with van der Waals surface area (Å²) in [5.74, 6) is -1.11. The first kappa shape index (κ1) is 25.3. The fraction of sp³-hybridized carbons (Fsp3) is 0.375. The number of hydrogen-bond acceptors (Lipinski definition) is 5. The van der Waals surface area contributed by atoms with Crippen molar-refractivity contribution in [2.45, 2.75) is 37.8 Å². The van der Waals surface area contributed by atoms with Gasteiger partial charge in [-0.05, 0) is 43.4 Å². The number of hydrogen-bond donors (Lipinski definition) is 3. The Kier molecular flexibility index (Phi) is 9.09. The fourth-order valence-corrected chi connectivity index (χ4v) is 3.63. The summed E-state index contributed by atoms with van der Waals surface area (Å²) in [5, 5.41) is 8.11. The molecule has 1 aliphatic rings. The molecule has 1 fully saturated rings. The van der Waals surface area contributed by atoms with E-state index in [1.165, 1.54) is 12.1 Å². The van der Waals surface area contributed by atoms with Crippen LogP contribution in [-0.2, 0) is 20.9 Å². The van der Waals surface area contributed by atoms with Crippen LogP contribution >= 0.6 is 11.6 Å². The number of benzene rings is 2. The molecule has 0 radical (unpaired) electrons. The molecule has 2 aromatic carbocycles. The van der Waals surface area contributed by atoms with Gasteiger partial charge >= 0.3 is 6.09 Å². The highest BCUT2D eigenvalue weighted by Crippen LogP contribution is 2.34. The second-order valence-electron chi connectivity index (χ2n) is 8.06. The van der Waals surface area contributed by atoms with Gasteiger partial charge < -0.3 is 25.4 Å². The maximum absolute atomic E-state index is 13.4. The molecule has 0 atom stereocenters. The maximum atomic E-state index is 13.4. The van der Waals surface area contributed by atoms with Crippen LogP contribution in [-0.4, -0.2) is 43.1 Å². The van der Waals surface area contributed by atoms with Gasteiger partial charge in [-0.3, -0.25) is 9.59 Å². The molecule has 182 valence electrons. The molecular weight excluding hydrogens is 465 g/mol. The maximum Gasteiger partial charge on any atom is 0.407 e. The van der Waals surface area contributed by atoms with Gasteiger partial charge in [0.1, 0.15) is 24.7 Å². The molecule has 3 amide bonds. The summed E-state index contributed by atoms with van der Waals surface area (Å²) in [4.78, 5) is 36.1. The minimum Gasteiger partial charge on any atom is -0.484 e. The van der Waals surface area contributed by atoms with E-state index in [0.29, 0.717) is 13.0 Å². The summed E-state index contributed by atoms with van der Waals surface area (Å²) in [5.41, 5.74) is 0.434. The minimum atomic E-state index is -0.672. The Labute approximate surface area is 202 Å². The van der Waals surface area contributed by atoms with Gasteiger partial charge in [0, 0.05) is 18.2 Å². The van der Waals surface area contributed by atoms with E-state index in [1.54, 1.807) is 0 Å². The van der Waals surface area contributed by atoms with E-state index in [4.69, 9.17) is 21.1 Å². The average molecular weight is 492 g/mol. The summed E-state index contributed by atoms with van der Waals surface area (Å²) in [6.45, 7) is -0.0126. The van der Waals surface area contributed by atoms with Gasteiger partial charge in [-0.2, -0.15) is 0 Å². The second-order valence-corrected chi connectivity index (χ2v) is 8.47. The van der Waals surface area contributed by atoms with Gasteiger partial charge in [0.05, 0.1) is 5.02 Å². The van der Waals surface area contributed by atoms with Crippen molar-refractivity contribution in [1.29, 1.82) is 0 Å². The lowest BCUT2D eigenvalue weighted by molar-refractivity contribution is -0.123. The Morgan fingerprint density at radius 1 is 1.03 bits per heavy atom. The molecule has 3 rings (SSSR count). The van der Waals surface area contributed by atoms with Crippen molar-refractivity contribution in [2.75, 3.05) is 19.7 Å². The predicted molar refractivity (Wildman–Crippen MR) is 124 cm³/mol. The molecule has 34 heavy (non-hydrogen) atoms. The van der Waals surface area contributed by atoms with Gasteiger partial charge in [0.15, 0.2) is 6.61 Å². The fourth-order valence-electron chi connectivity index (χ4n) is 3.52. The van der Waals surface area contributed by atoms with Crippen LogP contribution in [0.25, 0.3) is 0 Å². The number of alkyl carbamates (subject to hydrolysis) is 1. The van der Waals surface area contributed by atoms with Crippen molar-refractivity contribution in [2.24, 2.45) is 0 Å². The van der Waals surface area contributed by atoms with E-state index in [9.17, 15) is 18.8 Å². The van der Waals surface area contributed by atoms with E-state index >= 15 is 0 Å². The Morgan fingerprint density at radius 2 is 1.79 bits per heavy atom. The Bertz CT molecular complexity index is 1000. The van der Waals surface area contributed by atoms with Gasteiger partial charge in [0.25, 0.3) is 5.91 Å². The quantitative estimate of drug-likeness (QED) is 0.447. The van der Waals surface area contributed by atoms with Crippen molar-refractivity contribution in [1.82, 2.24) is 16.0 Å². The molecule has 0 unspecified atom stereocenters. The number of carbonyl (C=O) groups excluding carboxylic acids is 3. The summed E-state index contributed by atoms with van der Waals surface area (Å²) < 4.78 is 23.8. The Hall–Kier alpha value is -3.33. The van der Waals surface area contributed by atoms with Crippen LogP contribution in [0.2, 0.25) is 5.02 Å². The lowest BCUT2D eigenvalue weighted by Gasteiger charge is -2.42. The highest BCUT2D eigenvalue weighted by atomic mass is 35.5. The molecule has 3 N–H and O–H groups in total. The zero-order chi connectivity index (χ0) is 24.4. The van der Waals surface area contributed by atoms with Crippen LogP contribution < -0.4 is 20.7 Å². The molecular formula is C24H27ClFN3O5. The average Bonchev–Trinajstić information content (AvgIpc) is 2.81. The van der Waals surface area contributed by atoms with Crippen molar-refractivity contribution >= 4 is 29.5 Å². The SMILES string of the molecule is O=C(COc1ccc(Cl)c(F)c1)NCCC1(NC(=O)CNC(=O)OCc2ccccc2)CCC1. The normalized spacial score (nSPS) is 13.8. The molecule has 8 nitrogen and oxygen atoms in total. The van der Waals surface area contributed by atoms with Crippen LogP contribution in [0.15, 0.2) is 48.5 Å². The molecule has 1 aliphatic carbocycles.